The molecule has 1 aliphatic rings. The number of hydrogen-bond acceptors (Lipinski definition) is 5. The van der Waals surface area contributed by atoms with Crippen molar-refractivity contribution in [2.45, 2.75) is 58.4 Å². The van der Waals surface area contributed by atoms with Gasteiger partial charge in [0.1, 0.15) is 18.0 Å². The highest BCUT2D eigenvalue weighted by Gasteiger charge is 2.25. The van der Waals surface area contributed by atoms with Crippen LogP contribution in [-0.4, -0.2) is 22.6 Å². The third kappa shape index (κ3) is 2.97. The van der Waals surface area contributed by atoms with Crippen molar-refractivity contribution in [3.63, 3.8) is 0 Å². The van der Waals surface area contributed by atoms with Crippen molar-refractivity contribution >= 4 is 11.6 Å². The van der Waals surface area contributed by atoms with E-state index in [0.29, 0.717) is 6.04 Å². The Morgan fingerprint density at radius 1 is 1.32 bits per heavy atom. The van der Waals surface area contributed by atoms with Gasteiger partial charge in [0.25, 0.3) is 0 Å². The van der Waals surface area contributed by atoms with E-state index < -0.39 is 0 Å². The van der Waals surface area contributed by atoms with Crippen LogP contribution in [0, 0.1) is 0 Å². The summed E-state index contributed by atoms with van der Waals surface area (Å²) in [5.74, 6) is 7.42. The molecule has 0 atom stereocenters. The van der Waals surface area contributed by atoms with Gasteiger partial charge in [-0.3, -0.25) is 0 Å². The van der Waals surface area contributed by atoms with E-state index in [-0.39, 0.29) is 0 Å². The Labute approximate surface area is 115 Å². The molecule has 5 nitrogen and oxygen atoms in total. The highest BCUT2D eigenvalue weighted by Crippen LogP contribution is 2.31. The van der Waals surface area contributed by atoms with Crippen molar-refractivity contribution in [2.75, 3.05) is 16.9 Å². The van der Waals surface area contributed by atoms with Crippen molar-refractivity contribution in [1.29, 1.82) is 0 Å². The number of nitrogens with one attached hydrogen (secondary N) is 1. The van der Waals surface area contributed by atoms with E-state index in [0.717, 1.165) is 36.6 Å². The Hall–Kier alpha value is -1.36. The van der Waals surface area contributed by atoms with Crippen LogP contribution in [0.5, 0.6) is 0 Å². The second-order valence-electron chi connectivity index (χ2n) is 5.14. The Morgan fingerprint density at radius 2 is 2.05 bits per heavy atom. The van der Waals surface area contributed by atoms with E-state index >= 15 is 0 Å². The van der Waals surface area contributed by atoms with Crippen molar-refractivity contribution in [2.24, 2.45) is 5.84 Å². The lowest BCUT2D eigenvalue weighted by atomic mass is 10.1. The largest absolute Gasteiger partial charge is 0.354 e. The zero-order chi connectivity index (χ0) is 13.7. The molecule has 1 fully saturated rings. The monoisotopic (exact) mass is 263 g/mol. The molecule has 0 spiro atoms. The zero-order valence-corrected chi connectivity index (χ0v) is 12.0. The van der Waals surface area contributed by atoms with Crippen LogP contribution < -0.4 is 16.2 Å². The van der Waals surface area contributed by atoms with Crippen LogP contribution >= 0.6 is 0 Å². The number of aromatic nitrogens is 2. The number of rotatable bonds is 6. The molecule has 0 radical (unpaired) electrons. The van der Waals surface area contributed by atoms with Crippen molar-refractivity contribution in [1.82, 2.24) is 9.97 Å². The van der Waals surface area contributed by atoms with E-state index in [1.165, 1.54) is 25.7 Å². The molecular weight excluding hydrogens is 238 g/mol. The third-order valence-electron chi connectivity index (χ3n) is 3.94. The van der Waals surface area contributed by atoms with Gasteiger partial charge in [-0.2, -0.15) is 0 Å². The molecular formula is C14H25N5. The minimum atomic E-state index is 0.626. The second kappa shape index (κ2) is 6.70. The molecule has 19 heavy (non-hydrogen) atoms. The quantitative estimate of drug-likeness (QED) is 0.609. The third-order valence-corrected chi connectivity index (χ3v) is 3.94. The van der Waals surface area contributed by atoms with Crippen LogP contribution in [0.2, 0.25) is 0 Å². The summed E-state index contributed by atoms with van der Waals surface area (Å²) in [6.45, 7) is 5.36. The molecule has 0 saturated heterocycles. The maximum atomic E-state index is 5.59. The predicted octanol–water partition coefficient (Wildman–Crippen LogP) is 2.48. The number of nitrogen functional groups attached to an aromatic ring is 1. The van der Waals surface area contributed by atoms with Crippen LogP contribution in [0.15, 0.2) is 6.33 Å². The Kier molecular flexibility index (Phi) is 4.96. The van der Waals surface area contributed by atoms with Crippen LogP contribution in [0.3, 0.4) is 0 Å². The Morgan fingerprint density at radius 3 is 2.63 bits per heavy atom. The van der Waals surface area contributed by atoms with E-state index in [1.54, 1.807) is 6.33 Å². The molecule has 2 rings (SSSR count). The Balaban J connectivity index is 2.34. The van der Waals surface area contributed by atoms with Crippen LogP contribution in [0.4, 0.5) is 11.6 Å². The fraction of sp³-hybridized carbons (Fsp3) is 0.714. The first-order valence-corrected chi connectivity index (χ1v) is 7.38. The standard InChI is InChI=1S/C14H25N5/c1-3-7-12-13(18-15)16-10-17-14(12)19(4-2)11-8-5-6-9-11/h10-11H,3-9,15H2,1-2H3,(H,16,17,18). The summed E-state index contributed by atoms with van der Waals surface area (Å²) in [6.07, 6.45) is 8.84. The summed E-state index contributed by atoms with van der Waals surface area (Å²) in [6, 6.07) is 0.626. The molecule has 1 saturated carbocycles. The summed E-state index contributed by atoms with van der Waals surface area (Å²) in [4.78, 5) is 11.2. The normalized spacial score (nSPS) is 15.7. The smallest absolute Gasteiger partial charge is 0.148 e. The molecule has 0 aliphatic heterocycles. The topological polar surface area (TPSA) is 67.1 Å². The first-order valence-electron chi connectivity index (χ1n) is 7.38. The summed E-state index contributed by atoms with van der Waals surface area (Å²) >= 11 is 0. The molecule has 0 aromatic carbocycles. The number of nitrogens with two attached hydrogens (primary N) is 1. The molecule has 0 unspecified atom stereocenters. The SMILES string of the molecule is CCCc1c(NN)ncnc1N(CC)C1CCCC1. The van der Waals surface area contributed by atoms with Gasteiger partial charge in [-0.25, -0.2) is 15.8 Å². The summed E-state index contributed by atoms with van der Waals surface area (Å²) in [5.41, 5.74) is 3.87. The van der Waals surface area contributed by atoms with Gasteiger partial charge in [-0.15, -0.1) is 0 Å². The number of anilines is 2. The van der Waals surface area contributed by atoms with Gasteiger partial charge < -0.3 is 10.3 Å². The van der Waals surface area contributed by atoms with Crippen molar-refractivity contribution in [3.8, 4) is 0 Å². The zero-order valence-electron chi connectivity index (χ0n) is 12.0. The van der Waals surface area contributed by atoms with Crippen molar-refractivity contribution in [3.05, 3.63) is 11.9 Å². The highest BCUT2D eigenvalue weighted by molar-refractivity contribution is 5.59. The minimum absolute atomic E-state index is 0.626. The number of nitrogens with zero attached hydrogens (tertiary/aromatic N) is 3. The lowest BCUT2D eigenvalue weighted by Gasteiger charge is -2.30. The summed E-state index contributed by atoms with van der Waals surface area (Å²) in [5, 5.41) is 0. The van der Waals surface area contributed by atoms with E-state index in [9.17, 15) is 0 Å². The molecule has 5 heteroatoms. The second-order valence-corrected chi connectivity index (χ2v) is 5.14. The molecule has 0 amide bonds. The molecule has 1 aliphatic carbocycles. The number of hydrazine groups is 1. The van der Waals surface area contributed by atoms with Crippen LogP contribution in [0.1, 0.15) is 51.5 Å². The van der Waals surface area contributed by atoms with Crippen LogP contribution in [0.25, 0.3) is 0 Å². The van der Waals surface area contributed by atoms with Crippen LogP contribution in [-0.2, 0) is 6.42 Å². The van der Waals surface area contributed by atoms with Gasteiger partial charge in [0.15, 0.2) is 0 Å². The summed E-state index contributed by atoms with van der Waals surface area (Å²) < 4.78 is 0. The molecule has 0 bridgehead atoms. The molecule has 3 N–H and O–H groups in total. The van der Waals surface area contributed by atoms with Gasteiger partial charge in [-0.05, 0) is 26.2 Å². The highest BCUT2D eigenvalue weighted by atomic mass is 15.3. The lowest BCUT2D eigenvalue weighted by molar-refractivity contribution is 0.608. The van der Waals surface area contributed by atoms with Gasteiger partial charge >= 0.3 is 0 Å². The maximum absolute atomic E-state index is 5.59. The van der Waals surface area contributed by atoms with E-state index in [4.69, 9.17) is 5.84 Å². The van der Waals surface area contributed by atoms with Crippen molar-refractivity contribution < 1.29 is 0 Å². The number of hydrogen-bond donors (Lipinski definition) is 2. The fourth-order valence-electron chi connectivity index (χ4n) is 3.05. The lowest BCUT2D eigenvalue weighted by Crippen LogP contribution is -2.35. The molecule has 1 heterocycles. The first kappa shape index (κ1) is 14.1. The average molecular weight is 263 g/mol. The van der Waals surface area contributed by atoms with Gasteiger partial charge in [-0.1, -0.05) is 26.2 Å². The molecule has 106 valence electrons. The van der Waals surface area contributed by atoms with Gasteiger partial charge in [0.2, 0.25) is 0 Å². The fourth-order valence-corrected chi connectivity index (χ4v) is 3.05. The summed E-state index contributed by atoms with van der Waals surface area (Å²) in [7, 11) is 0. The minimum Gasteiger partial charge on any atom is -0.354 e. The van der Waals surface area contributed by atoms with Gasteiger partial charge in [0.05, 0.1) is 0 Å². The Bertz CT molecular complexity index is 401. The first-order chi connectivity index (χ1) is 9.31. The molecule has 1 aromatic rings. The van der Waals surface area contributed by atoms with E-state index in [1.807, 2.05) is 0 Å². The average Bonchev–Trinajstić information content (AvgIpc) is 2.95. The van der Waals surface area contributed by atoms with Gasteiger partial charge in [0, 0.05) is 18.2 Å². The molecule has 1 aromatic heterocycles. The predicted molar refractivity (Wildman–Crippen MR) is 79.1 cm³/mol. The maximum Gasteiger partial charge on any atom is 0.148 e. The van der Waals surface area contributed by atoms with E-state index in [2.05, 4.69) is 34.1 Å².